The van der Waals surface area contributed by atoms with Crippen molar-refractivity contribution in [3.05, 3.63) is 29.8 Å². The first kappa shape index (κ1) is 18.2. The van der Waals surface area contributed by atoms with Crippen LogP contribution in [-0.2, 0) is 9.59 Å². The van der Waals surface area contributed by atoms with E-state index in [1.54, 1.807) is 11.8 Å². The van der Waals surface area contributed by atoms with Crippen molar-refractivity contribution in [2.24, 2.45) is 5.41 Å². The van der Waals surface area contributed by atoms with Crippen molar-refractivity contribution >= 4 is 11.9 Å². The number of carbonyl (C=O) groups is 2. The summed E-state index contributed by atoms with van der Waals surface area (Å²) in [6.45, 7) is 2.53. The Morgan fingerprint density at radius 1 is 1.38 bits per heavy atom. The Labute approximate surface area is 139 Å². The maximum atomic E-state index is 13.4. The average Bonchev–Trinajstić information content (AvgIpc) is 2.53. The summed E-state index contributed by atoms with van der Waals surface area (Å²) in [6.07, 6.45) is 1.78. The Balaban J connectivity index is 1.78. The highest BCUT2D eigenvalue weighted by Gasteiger charge is 2.39. The minimum absolute atomic E-state index is 0.0553. The van der Waals surface area contributed by atoms with E-state index in [-0.39, 0.29) is 31.2 Å². The minimum atomic E-state index is -0.901. The zero-order valence-electron chi connectivity index (χ0n) is 13.6. The summed E-state index contributed by atoms with van der Waals surface area (Å²) in [6, 6.07) is 3.04. The topological polar surface area (TPSA) is 66.8 Å². The molecule has 7 heteroatoms. The van der Waals surface area contributed by atoms with Crippen LogP contribution >= 0.6 is 0 Å². The second-order valence-electron chi connectivity index (χ2n) is 6.31. The number of hydrogen-bond acceptors (Lipinski definition) is 3. The van der Waals surface area contributed by atoms with Crippen LogP contribution in [0.25, 0.3) is 0 Å². The van der Waals surface area contributed by atoms with Gasteiger partial charge in [0.1, 0.15) is 5.82 Å². The van der Waals surface area contributed by atoms with Crippen LogP contribution in [-0.4, -0.2) is 41.6 Å². The fraction of sp³-hybridized carbons (Fsp3) is 0.529. The van der Waals surface area contributed by atoms with Crippen LogP contribution < -0.4 is 4.74 Å². The van der Waals surface area contributed by atoms with Crippen molar-refractivity contribution in [1.82, 2.24) is 4.90 Å². The highest BCUT2D eigenvalue weighted by atomic mass is 19.1. The van der Waals surface area contributed by atoms with Crippen molar-refractivity contribution in [2.45, 2.75) is 32.6 Å². The molecule has 1 saturated heterocycles. The van der Waals surface area contributed by atoms with E-state index < -0.39 is 23.0 Å². The van der Waals surface area contributed by atoms with Gasteiger partial charge in [-0.25, -0.2) is 8.78 Å². The van der Waals surface area contributed by atoms with Gasteiger partial charge in [0.15, 0.2) is 11.6 Å². The number of aliphatic carboxylic acids is 1. The van der Waals surface area contributed by atoms with E-state index in [2.05, 4.69) is 0 Å². The summed E-state index contributed by atoms with van der Waals surface area (Å²) in [5.74, 6) is -2.54. The number of carbonyl (C=O) groups excluding carboxylic acids is 1. The molecular weight excluding hydrogens is 320 g/mol. The molecule has 1 aliphatic heterocycles. The molecule has 132 valence electrons. The number of nitrogens with zero attached hydrogens (tertiary/aromatic N) is 1. The fourth-order valence-electron chi connectivity index (χ4n) is 2.78. The number of halogens is 2. The molecule has 0 aliphatic carbocycles. The van der Waals surface area contributed by atoms with Gasteiger partial charge in [0, 0.05) is 25.6 Å². The molecule has 5 nitrogen and oxygen atoms in total. The third-order valence-electron chi connectivity index (χ3n) is 4.25. The standard InChI is InChI=1S/C17H21F2NO4/c1-17(16(22)23)7-3-8-20(11-17)15(21)4-2-9-24-14-6-5-12(18)10-13(14)19/h5-6,10H,2-4,7-9,11H2,1H3,(H,22,23). The van der Waals surface area contributed by atoms with E-state index in [4.69, 9.17) is 4.74 Å². The molecule has 0 saturated carbocycles. The van der Waals surface area contributed by atoms with E-state index >= 15 is 0 Å². The van der Waals surface area contributed by atoms with Gasteiger partial charge in [0.2, 0.25) is 5.91 Å². The van der Waals surface area contributed by atoms with Crippen molar-refractivity contribution in [2.75, 3.05) is 19.7 Å². The smallest absolute Gasteiger partial charge is 0.311 e. The fourth-order valence-corrected chi connectivity index (χ4v) is 2.78. The quantitative estimate of drug-likeness (QED) is 0.808. The molecule has 1 aliphatic rings. The predicted octanol–water partition coefficient (Wildman–Crippen LogP) is 2.84. The third kappa shape index (κ3) is 4.43. The van der Waals surface area contributed by atoms with Gasteiger partial charge in [-0.1, -0.05) is 0 Å². The van der Waals surface area contributed by atoms with Crippen molar-refractivity contribution in [3.63, 3.8) is 0 Å². The first-order valence-corrected chi connectivity index (χ1v) is 7.91. The molecule has 1 heterocycles. The summed E-state index contributed by atoms with van der Waals surface area (Å²) in [7, 11) is 0. The lowest BCUT2D eigenvalue weighted by atomic mass is 9.82. The van der Waals surface area contributed by atoms with E-state index in [0.29, 0.717) is 25.8 Å². The zero-order valence-corrected chi connectivity index (χ0v) is 13.6. The first-order valence-electron chi connectivity index (χ1n) is 7.91. The number of likely N-dealkylation sites (tertiary alicyclic amines) is 1. The Morgan fingerprint density at radius 3 is 2.79 bits per heavy atom. The molecule has 1 atom stereocenters. The van der Waals surface area contributed by atoms with Gasteiger partial charge in [-0.2, -0.15) is 0 Å². The monoisotopic (exact) mass is 341 g/mol. The number of carboxylic acids is 1. The Kier molecular flexibility index (Phi) is 5.75. The summed E-state index contributed by atoms with van der Waals surface area (Å²) >= 11 is 0. The lowest BCUT2D eigenvalue weighted by Gasteiger charge is -2.37. The molecule has 1 fully saturated rings. The summed E-state index contributed by atoms with van der Waals surface area (Å²) < 4.78 is 31.4. The first-order chi connectivity index (χ1) is 11.3. The predicted molar refractivity (Wildman–Crippen MR) is 82.6 cm³/mol. The molecule has 2 rings (SSSR count). The Morgan fingerprint density at radius 2 is 2.12 bits per heavy atom. The molecule has 24 heavy (non-hydrogen) atoms. The van der Waals surface area contributed by atoms with Gasteiger partial charge >= 0.3 is 5.97 Å². The van der Waals surface area contributed by atoms with Gasteiger partial charge in [-0.05, 0) is 38.3 Å². The number of amides is 1. The molecule has 1 amide bonds. The molecule has 0 spiro atoms. The lowest BCUT2D eigenvalue weighted by molar-refractivity contribution is -0.153. The van der Waals surface area contributed by atoms with Crippen LogP contribution in [0.1, 0.15) is 32.6 Å². The number of hydrogen-bond donors (Lipinski definition) is 1. The highest BCUT2D eigenvalue weighted by molar-refractivity contribution is 5.79. The molecule has 1 aromatic rings. The highest BCUT2D eigenvalue weighted by Crippen LogP contribution is 2.30. The normalized spacial score (nSPS) is 20.7. The van der Waals surface area contributed by atoms with Crippen LogP contribution in [0, 0.1) is 17.0 Å². The van der Waals surface area contributed by atoms with Crippen LogP contribution in [0.4, 0.5) is 8.78 Å². The van der Waals surface area contributed by atoms with E-state index in [1.807, 2.05) is 0 Å². The van der Waals surface area contributed by atoms with Crippen LogP contribution in [0.3, 0.4) is 0 Å². The molecule has 0 bridgehead atoms. The maximum Gasteiger partial charge on any atom is 0.311 e. The lowest BCUT2D eigenvalue weighted by Crippen LogP contribution is -2.48. The van der Waals surface area contributed by atoms with Crippen LogP contribution in [0.5, 0.6) is 5.75 Å². The second kappa shape index (κ2) is 7.59. The molecular formula is C17H21F2NO4. The van der Waals surface area contributed by atoms with E-state index in [0.717, 1.165) is 12.1 Å². The molecule has 0 radical (unpaired) electrons. The van der Waals surface area contributed by atoms with Crippen LogP contribution in [0.2, 0.25) is 0 Å². The Hall–Kier alpha value is -2.18. The van der Waals surface area contributed by atoms with Crippen molar-refractivity contribution in [3.8, 4) is 5.75 Å². The number of rotatable bonds is 6. The second-order valence-corrected chi connectivity index (χ2v) is 6.31. The number of piperidine rings is 1. The Bertz CT molecular complexity index is 623. The molecule has 1 aromatic carbocycles. The molecule has 1 unspecified atom stereocenters. The SMILES string of the molecule is CC1(C(=O)O)CCCN(C(=O)CCCOc2ccc(F)cc2F)C1. The number of benzene rings is 1. The number of carboxylic acid groups (broad SMARTS) is 1. The largest absolute Gasteiger partial charge is 0.491 e. The maximum absolute atomic E-state index is 13.4. The van der Waals surface area contributed by atoms with Gasteiger partial charge in [0.25, 0.3) is 0 Å². The van der Waals surface area contributed by atoms with E-state index in [9.17, 15) is 23.5 Å². The van der Waals surface area contributed by atoms with Crippen LogP contribution in [0.15, 0.2) is 18.2 Å². The summed E-state index contributed by atoms with van der Waals surface area (Å²) in [4.78, 5) is 25.0. The molecule has 1 N–H and O–H groups in total. The summed E-state index contributed by atoms with van der Waals surface area (Å²) in [5.41, 5.74) is -0.901. The van der Waals surface area contributed by atoms with E-state index in [1.165, 1.54) is 6.07 Å². The molecule has 0 aromatic heterocycles. The third-order valence-corrected chi connectivity index (χ3v) is 4.25. The van der Waals surface area contributed by atoms with Crippen molar-refractivity contribution in [1.29, 1.82) is 0 Å². The van der Waals surface area contributed by atoms with Gasteiger partial charge < -0.3 is 14.7 Å². The minimum Gasteiger partial charge on any atom is -0.491 e. The summed E-state index contributed by atoms with van der Waals surface area (Å²) in [5, 5.41) is 9.26. The number of ether oxygens (including phenoxy) is 1. The van der Waals surface area contributed by atoms with Gasteiger partial charge in [0.05, 0.1) is 12.0 Å². The van der Waals surface area contributed by atoms with Crippen molar-refractivity contribution < 1.29 is 28.2 Å². The van der Waals surface area contributed by atoms with Gasteiger partial charge in [-0.15, -0.1) is 0 Å². The van der Waals surface area contributed by atoms with Gasteiger partial charge in [-0.3, -0.25) is 9.59 Å². The average molecular weight is 341 g/mol. The zero-order chi connectivity index (χ0) is 17.7.